The molecule has 0 unspecified atom stereocenters. The molecule has 0 atom stereocenters. The SMILES string of the molecule is CCC(CC)(NC(=O)OC(C)(C)C)c1ccc(-c2ccc3c(cnn3C(=O)OC(C)(C)C)c2[N+](=O)[O-])cc1. The zero-order valence-electron chi connectivity index (χ0n) is 23.2. The number of ether oxygens (including phenoxy) is 2. The first-order valence-corrected chi connectivity index (χ1v) is 12.6. The molecular weight excluding hydrogens is 488 g/mol. The fourth-order valence-corrected chi connectivity index (χ4v) is 4.34. The molecule has 204 valence electrons. The van der Waals surface area contributed by atoms with Crippen LogP contribution in [-0.4, -0.2) is 38.1 Å². The van der Waals surface area contributed by atoms with Gasteiger partial charge in [-0.15, -0.1) is 0 Å². The summed E-state index contributed by atoms with van der Waals surface area (Å²) < 4.78 is 11.9. The second-order valence-electron chi connectivity index (χ2n) is 11.2. The van der Waals surface area contributed by atoms with Gasteiger partial charge in [-0.1, -0.05) is 38.1 Å². The van der Waals surface area contributed by atoms with E-state index in [1.54, 1.807) is 45.0 Å². The zero-order chi connectivity index (χ0) is 28.5. The van der Waals surface area contributed by atoms with E-state index < -0.39 is 33.9 Å². The largest absolute Gasteiger partial charge is 0.444 e. The minimum atomic E-state index is -0.743. The van der Waals surface area contributed by atoms with Crippen LogP contribution in [0.3, 0.4) is 0 Å². The molecule has 0 aliphatic carbocycles. The van der Waals surface area contributed by atoms with Crippen molar-refractivity contribution in [2.24, 2.45) is 0 Å². The van der Waals surface area contributed by atoms with Gasteiger partial charge in [0.2, 0.25) is 0 Å². The summed E-state index contributed by atoms with van der Waals surface area (Å²) in [4.78, 5) is 36.8. The molecule has 2 aromatic carbocycles. The Labute approximate surface area is 222 Å². The zero-order valence-corrected chi connectivity index (χ0v) is 23.2. The molecule has 0 aliphatic heterocycles. The highest BCUT2D eigenvalue weighted by atomic mass is 16.6. The summed E-state index contributed by atoms with van der Waals surface area (Å²) in [6.45, 7) is 14.6. The van der Waals surface area contributed by atoms with E-state index in [9.17, 15) is 19.7 Å². The molecule has 38 heavy (non-hydrogen) atoms. The van der Waals surface area contributed by atoms with Crippen molar-refractivity contribution in [3.8, 4) is 11.1 Å². The lowest BCUT2D eigenvalue weighted by Crippen LogP contribution is -2.47. The molecule has 0 fully saturated rings. The first-order chi connectivity index (χ1) is 17.6. The van der Waals surface area contributed by atoms with Crippen LogP contribution in [0, 0.1) is 10.1 Å². The topological polar surface area (TPSA) is 126 Å². The molecule has 0 bridgehead atoms. The van der Waals surface area contributed by atoms with Crippen LogP contribution in [0.25, 0.3) is 22.0 Å². The molecule has 10 heteroatoms. The number of aromatic nitrogens is 2. The smallest absolute Gasteiger partial charge is 0.435 e. The highest BCUT2D eigenvalue weighted by Gasteiger charge is 2.33. The second-order valence-corrected chi connectivity index (χ2v) is 11.2. The van der Waals surface area contributed by atoms with Gasteiger partial charge in [-0.3, -0.25) is 10.1 Å². The van der Waals surface area contributed by atoms with Crippen LogP contribution in [0.5, 0.6) is 0 Å². The minimum Gasteiger partial charge on any atom is -0.444 e. The third-order valence-corrected chi connectivity index (χ3v) is 6.17. The van der Waals surface area contributed by atoms with Crippen molar-refractivity contribution in [1.29, 1.82) is 0 Å². The lowest BCUT2D eigenvalue weighted by atomic mass is 9.84. The van der Waals surface area contributed by atoms with E-state index in [-0.39, 0.29) is 16.6 Å². The monoisotopic (exact) mass is 524 g/mol. The standard InChI is InChI=1S/C28H36N4O6/c1-9-28(10-2,30-24(33)37-26(3,4)5)19-13-11-18(12-14-19)20-15-16-22-21(23(20)32(35)36)17-29-31(22)25(34)38-27(6,7)8/h11-17H,9-10H2,1-8H3,(H,30,33). The number of hydrogen-bond donors (Lipinski definition) is 1. The van der Waals surface area contributed by atoms with Crippen molar-refractivity contribution in [2.45, 2.75) is 85.0 Å². The Morgan fingerprint density at radius 1 is 0.947 bits per heavy atom. The van der Waals surface area contributed by atoms with Gasteiger partial charge in [0, 0.05) is 0 Å². The van der Waals surface area contributed by atoms with Gasteiger partial charge in [0.1, 0.15) is 11.2 Å². The molecule has 3 aromatic rings. The lowest BCUT2D eigenvalue weighted by Gasteiger charge is -2.34. The fourth-order valence-electron chi connectivity index (χ4n) is 4.34. The van der Waals surface area contributed by atoms with Gasteiger partial charge >= 0.3 is 12.2 Å². The van der Waals surface area contributed by atoms with Crippen molar-refractivity contribution < 1.29 is 24.0 Å². The third kappa shape index (κ3) is 6.12. The van der Waals surface area contributed by atoms with Gasteiger partial charge in [-0.05, 0) is 77.6 Å². The molecule has 1 amide bonds. The summed E-state index contributed by atoms with van der Waals surface area (Å²) in [5, 5.41) is 19.5. The van der Waals surface area contributed by atoms with Gasteiger partial charge in [0.05, 0.1) is 33.1 Å². The molecule has 0 saturated heterocycles. The summed E-state index contributed by atoms with van der Waals surface area (Å²) in [6, 6.07) is 10.5. The Hall–Kier alpha value is -3.95. The van der Waals surface area contributed by atoms with E-state index in [1.165, 1.54) is 6.20 Å². The number of alkyl carbamates (subject to hydrolysis) is 1. The van der Waals surface area contributed by atoms with Gasteiger partial charge in [-0.25, -0.2) is 9.59 Å². The molecule has 3 rings (SSSR count). The highest BCUT2D eigenvalue weighted by molar-refractivity contribution is 5.99. The quantitative estimate of drug-likeness (QED) is 0.273. The molecule has 1 N–H and O–H groups in total. The number of nitro benzene ring substituents is 1. The molecule has 0 radical (unpaired) electrons. The first kappa shape index (κ1) is 28.6. The van der Waals surface area contributed by atoms with Crippen molar-refractivity contribution in [3.05, 3.63) is 58.3 Å². The number of benzene rings is 2. The number of hydrogen-bond acceptors (Lipinski definition) is 7. The van der Waals surface area contributed by atoms with Crippen molar-refractivity contribution in [2.75, 3.05) is 0 Å². The maximum absolute atomic E-state index is 12.6. The second kappa shape index (κ2) is 10.4. The molecule has 1 heterocycles. The Balaban J connectivity index is 2.02. The predicted octanol–water partition coefficient (Wildman–Crippen LogP) is 6.93. The van der Waals surface area contributed by atoms with Crippen LogP contribution in [0.2, 0.25) is 0 Å². The van der Waals surface area contributed by atoms with Crippen LogP contribution in [0.1, 0.15) is 73.8 Å². The van der Waals surface area contributed by atoms with E-state index in [0.717, 1.165) is 10.2 Å². The van der Waals surface area contributed by atoms with Gasteiger partial charge in [0.25, 0.3) is 5.69 Å². The third-order valence-electron chi connectivity index (χ3n) is 6.17. The van der Waals surface area contributed by atoms with Crippen LogP contribution >= 0.6 is 0 Å². The average molecular weight is 525 g/mol. The Morgan fingerprint density at radius 2 is 1.53 bits per heavy atom. The van der Waals surface area contributed by atoms with Crippen LogP contribution in [-0.2, 0) is 15.0 Å². The molecule has 0 aliphatic rings. The number of amides is 1. The van der Waals surface area contributed by atoms with Crippen molar-refractivity contribution in [1.82, 2.24) is 15.1 Å². The van der Waals surface area contributed by atoms with Crippen LogP contribution < -0.4 is 5.32 Å². The number of fused-ring (bicyclic) bond motifs is 1. The fraction of sp³-hybridized carbons (Fsp3) is 0.464. The number of nitrogens with one attached hydrogen (secondary N) is 1. The maximum atomic E-state index is 12.6. The lowest BCUT2D eigenvalue weighted by molar-refractivity contribution is -0.382. The van der Waals surface area contributed by atoms with E-state index in [1.807, 2.05) is 46.8 Å². The van der Waals surface area contributed by atoms with Crippen LogP contribution in [0.15, 0.2) is 42.6 Å². The molecule has 0 saturated carbocycles. The summed E-state index contributed by atoms with van der Waals surface area (Å²) in [6.07, 6.45) is 1.33. The number of carbonyl (C=O) groups is 2. The Bertz CT molecular complexity index is 1340. The molecule has 10 nitrogen and oxygen atoms in total. The summed E-state index contributed by atoms with van der Waals surface area (Å²) in [7, 11) is 0. The van der Waals surface area contributed by atoms with Crippen LogP contribution in [0.4, 0.5) is 15.3 Å². The summed E-state index contributed by atoms with van der Waals surface area (Å²) in [5.74, 6) is 0. The van der Waals surface area contributed by atoms with Gasteiger partial charge in [0.15, 0.2) is 0 Å². The van der Waals surface area contributed by atoms with Crippen molar-refractivity contribution >= 4 is 28.8 Å². The predicted molar refractivity (Wildman–Crippen MR) is 145 cm³/mol. The Kier molecular flexibility index (Phi) is 7.86. The van der Waals surface area contributed by atoms with E-state index in [2.05, 4.69) is 10.4 Å². The van der Waals surface area contributed by atoms with Gasteiger partial charge in [-0.2, -0.15) is 9.78 Å². The Morgan fingerprint density at radius 3 is 2.03 bits per heavy atom. The number of carbonyl (C=O) groups excluding carboxylic acids is 2. The summed E-state index contributed by atoms with van der Waals surface area (Å²) in [5.41, 5.74) is -0.0478. The number of nitro groups is 1. The maximum Gasteiger partial charge on any atom is 0.435 e. The molecule has 1 aromatic heterocycles. The van der Waals surface area contributed by atoms with Crippen molar-refractivity contribution in [3.63, 3.8) is 0 Å². The van der Waals surface area contributed by atoms with E-state index >= 15 is 0 Å². The number of rotatable bonds is 6. The van der Waals surface area contributed by atoms with E-state index in [0.29, 0.717) is 24.0 Å². The minimum absolute atomic E-state index is 0.158. The highest BCUT2D eigenvalue weighted by Crippen LogP contribution is 2.38. The van der Waals surface area contributed by atoms with Gasteiger partial charge < -0.3 is 14.8 Å². The molecular formula is C28H36N4O6. The van der Waals surface area contributed by atoms with E-state index in [4.69, 9.17) is 9.47 Å². The average Bonchev–Trinajstić information content (AvgIpc) is 3.24. The first-order valence-electron chi connectivity index (χ1n) is 12.6. The summed E-state index contributed by atoms with van der Waals surface area (Å²) >= 11 is 0. The molecule has 0 spiro atoms. The number of nitrogens with zero attached hydrogens (tertiary/aromatic N) is 3. The normalized spacial score (nSPS) is 12.3.